The molecule has 0 unspecified atom stereocenters. The zero-order valence-corrected chi connectivity index (χ0v) is 11.7. The average molecular weight is 274 g/mol. The number of imidazole rings is 1. The summed E-state index contributed by atoms with van der Waals surface area (Å²) in [6.45, 7) is 2.39. The minimum absolute atomic E-state index is 0.109. The molecule has 0 aliphatic carbocycles. The number of benzene rings is 1. The molecule has 0 amide bonds. The summed E-state index contributed by atoms with van der Waals surface area (Å²) < 4.78 is 7.55. The van der Waals surface area contributed by atoms with Crippen molar-refractivity contribution in [2.75, 3.05) is 0 Å². The van der Waals surface area contributed by atoms with E-state index in [9.17, 15) is 4.79 Å². The van der Waals surface area contributed by atoms with Gasteiger partial charge in [0.15, 0.2) is 0 Å². The lowest BCUT2D eigenvalue weighted by Crippen LogP contribution is -2.07. The third kappa shape index (κ3) is 3.60. The van der Waals surface area contributed by atoms with E-state index in [0.717, 1.165) is 17.3 Å². The molecule has 0 spiro atoms. The van der Waals surface area contributed by atoms with Crippen LogP contribution in [0.5, 0.6) is 5.75 Å². The minimum Gasteiger partial charge on any atom is -0.486 e. The van der Waals surface area contributed by atoms with Gasteiger partial charge in [-0.25, -0.2) is 4.98 Å². The lowest BCUT2D eigenvalue weighted by molar-refractivity contribution is -0.136. The van der Waals surface area contributed by atoms with Crippen LogP contribution in [0.25, 0.3) is 0 Å². The van der Waals surface area contributed by atoms with Crippen molar-refractivity contribution < 1.29 is 14.6 Å². The van der Waals surface area contributed by atoms with Crippen LogP contribution in [-0.2, 0) is 24.9 Å². The number of carboxylic acids is 1. The monoisotopic (exact) mass is 274 g/mol. The van der Waals surface area contributed by atoms with Crippen molar-refractivity contribution in [3.63, 3.8) is 0 Å². The van der Waals surface area contributed by atoms with Gasteiger partial charge in [0, 0.05) is 18.9 Å². The fraction of sp³-hybridized carbons (Fsp3) is 0.333. The van der Waals surface area contributed by atoms with E-state index in [4.69, 9.17) is 9.84 Å². The number of aromatic nitrogens is 2. The van der Waals surface area contributed by atoms with Crippen molar-refractivity contribution in [1.82, 2.24) is 9.55 Å². The largest absolute Gasteiger partial charge is 0.486 e. The summed E-state index contributed by atoms with van der Waals surface area (Å²) in [4.78, 5) is 14.8. The van der Waals surface area contributed by atoms with Crippen LogP contribution >= 0.6 is 0 Å². The highest BCUT2D eigenvalue weighted by molar-refractivity contribution is 5.66. The Kier molecular flexibility index (Phi) is 4.40. The normalized spacial score (nSPS) is 10.5. The molecule has 0 aliphatic rings. The fourth-order valence-corrected chi connectivity index (χ4v) is 1.87. The van der Waals surface area contributed by atoms with Gasteiger partial charge in [-0.15, -0.1) is 0 Å². The molecule has 5 nitrogen and oxygen atoms in total. The first-order valence-corrected chi connectivity index (χ1v) is 6.47. The molecular weight excluding hydrogens is 256 g/mol. The number of hydrogen-bond donors (Lipinski definition) is 1. The van der Waals surface area contributed by atoms with Gasteiger partial charge in [-0.3, -0.25) is 4.79 Å². The zero-order valence-electron chi connectivity index (χ0n) is 11.7. The molecule has 20 heavy (non-hydrogen) atoms. The second-order valence-corrected chi connectivity index (χ2v) is 4.72. The summed E-state index contributed by atoms with van der Waals surface area (Å²) >= 11 is 0. The van der Waals surface area contributed by atoms with E-state index in [1.54, 1.807) is 6.20 Å². The van der Waals surface area contributed by atoms with Crippen LogP contribution in [0, 0.1) is 6.92 Å². The maximum atomic E-state index is 10.6. The highest BCUT2D eigenvalue weighted by Gasteiger charge is 2.08. The molecule has 1 aromatic carbocycles. The molecule has 106 valence electrons. The Morgan fingerprint density at radius 1 is 1.35 bits per heavy atom. The number of rotatable bonds is 6. The van der Waals surface area contributed by atoms with Crippen LogP contribution in [0.2, 0.25) is 0 Å². The summed E-state index contributed by atoms with van der Waals surface area (Å²) in [6.07, 6.45) is 2.29. The van der Waals surface area contributed by atoms with Gasteiger partial charge in [0.1, 0.15) is 18.2 Å². The van der Waals surface area contributed by atoms with Gasteiger partial charge in [-0.2, -0.15) is 0 Å². The van der Waals surface area contributed by atoms with Crippen molar-refractivity contribution in [1.29, 1.82) is 0 Å². The summed E-state index contributed by atoms with van der Waals surface area (Å²) in [5.41, 5.74) is 2.08. The minimum atomic E-state index is -0.802. The van der Waals surface area contributed by atoms with Crippen LogP contribution in [0.4, 0.5) is 0 Å². The first kappa shape index (κ1) is 14.1. The van der Waals surface area contributed by atoms with Gasteiger partial charge in [-0.1, -0.05) is 17.7 Å². The summed E-state index contributed by atoms with van der Waals surface area (Å²) in [6, 6.07) is 7.82. The quantitative estimate of drug-likeness (QED) is 0.878. The lowest BCUT2D eigenvalue weighted by atomic mass is 10.2. The first-order chi connectivity index (χ1) is 9.56. The number of carbonyl (C=O) groups is 1. The van der Waals surface area contributed by atoms with Crippen molar-refractivity contribution in [2.24, 2.45) is 7.05 Å². The molecule has 2 aromatic rings. The Hall–Kier alpha value is -2.30. The molecule has 1 N–H and O–H groups in total. The molecule has 2 rings (SSSR count). The van der Waals surface area contributed by atoms with Gasteiger partial charge >= 0.3 is 5.97 Å². The van der Waals surface area contributed by atoms with E-state index >= 15 is 0 Å². The van der Waals surface area contributed by atoms with Crippen molar-refractivity contribution in [3.05, 3.63) is 47.5 Å². The Balaban J connectivity index is 1.96. The highest BCUT2D eigenvalue weighted by Crippen LogP contribution is 2.14. The molecule has 1 heterocycles. The summed E-state index contributed by atoms with van der Waals surface area (Å²) in [5, 5.41) is 8.69. The molecule has 0 atom stereocenters. The van der Waals surface area contributed by atoms with Crippen molar-refractivity contribution in [2.45, 2.75) is 26.4 Å². The molecular formula is C15H18N2O3. The van der Waals surface area contributed by atoms with Crippen LogP contribution in [-0.4, -0.2) is 20.6 Å². The van der Waals surface area contributed by atoms with E-state index in [2.05, 4.69) is 4.98 Å². The average Bonchev–Trinajstić information content (AvgIpc) is 2.77. The lowest BCUT2D eigenvalue weighted by Gasteiger charge is -2.08. The number of aryl methyl sites for hydroxylation is 2. The van der Waals surface area contributed by atoms with Crippen LogP contribution < -0.4 is 4.74 Å². The van der Waals surface area contributed by atoms with Crippen molar-refractivity contribution in [3.8, 4) is 5.75 Å². The Morgan fingerprint density at radius 3 is 2.70 bits per heavy atom. The van der Waals surface area contributed by atoms with Crippen molar-refractivity contribution >= 4 is 5.97 Å². The molecule has 1 aromatic heterocycles. The Labute approximate surface area is 117 Å². The number of carboxylic acid groups (broad SMARTS) is 1. The predicted octanol–water partition coefficient (Wildman–Crippen LogP) is 2.32. The summed E-state index contributed by atoms with van der Waals surface area (Å²) in [7, 11) is 1.87. The maximum Gasteiger partial charge on any atom is 0.303 e. The molecule has 0 radical (unpaired) electrons. The predicted molar refractivity (Wildman–Crippen MR) is 74.7 cm³/mol. The second-order valence-electron chi connectivity index (χ2n) is 4.72. The number of nitrogens with zero attached hydrogens (tertiary/aromatic N) is 2. The third-order valence-electron chi connectivity index (χ3n) is 3.16. The smallest absolute Gasteiger partial charge is 0.303 e. The highest BCUT2D eigenvalue weighted by atomic mass is 16.5. The Bertz CT molecular complexity index is 588. The first-order valence-electron chi connectivity index (χ1n) is 6.47. The molecule has 0 fully saturated rings. The van der Waals surface area contributed by atoms with Gasteiger partial charge < -0.3 is 14.4 Å². The molecule has 0 saturated carbocycles. The van der Waals surface area contributed by atoms with E-state index in [0.29, 0.717) is 13.0 Å². The Morgan fingerprint density at radius 2 is 2.05 bits per heavy atom. The molecule has 0 saturated heterocycles. The number of ether oxygens (including phenoxy) is 1. The van der Waals surface area contributed by atoms with Crippen LogP contribution in [0.1, 0.15) is 23.5 Å². The number of aliphatic carboxylic acids is 1. The molecule has 0 bridgehead atoms. The molecule has 5 heteroatoms. The summed E-state index contributed by atoms with van der Waals surface area (Å²) in [5.74, 6) is 0.778. The van der Waals surface area contributed by atoms with E-state index in [1.165, 1.54) is 5.56 Å². The fourth-order valence-electron chi connectivity index (χ4n) is 1.87. The third-order valence-corrected chi connectivity index (χ3v) is 3.16. The van der Waals surface area contributed by atoms with E-state index in [-0.39, 0.29) is 6.42 Å². The van der Waals surface area contributed by atoms with Gasteiger partial charge in [0.2, 0.25) is 0 Å². The number of hydrogen-bond acceptors (Lipinski definition) is 3. The van der Waals surface area contributed by atoms with E-state index < -0.39 is 5.97 Å². The van der Waals surface area contributed by atoms with Gasteiger partial charge in [-0.05, 0) is 25.5 Å². The SMILES string of the molecule is Cc1ccc(OCc2ncc(CCC(=O)O)n2C)cc1. The van der Waals surface area contributed by atoms with E-state index in [1.807, 2.05) is 42.8 Å². The standard InChI is InChI=1S/C15H18N2O3/c1-11-3-6-13(7-4-11)20-10-14-16-9-12(17(14)2)5-8-15(18)19/h3-4,6-7,9H,5,8,10H2,1-2H3,(H,18,19). The zero-order chi connectivity index (χ0) is 14.5. The topological polar surface area (TPSA) is 64.3 Å². The second kappa shape index (κ2) is 6.23. The molecule has 0 aliphatic heterocycles. The maximum absolute atomic E-state index is 10.6. The van der Waals surface area contributed by atoms with Crippen LogP contribution in [0.15, 0.2) is 30.5 Å². The van der Waals surface area contributed by atoms with Gasteiger partial charge in [0.05, 0.1) is 6.42 Å². The van der Waals surface area contributed by atoms with Crippen LogP contribution in [0.3, 0.4) is 0 Å². The van der Waals surface area contributed by atoms with Gasteiger partial charge in [0.25, 0.3) is 0 Å².